The lowest BCUT2D eigenvalue weighted by atomic mass is 9.97. The molecule has 0 aliphatic carbocycles. The van der Waals surface area contributed by atoms with Gasteiger partial charge in [-0.25, -0.2) is 15.0 Å². The Labute approximate surface area is 209 Å². The molecule has 2 aromatic heterocycles. The molecule has 2 aliphatic heterocycles. The van der Waals surface area contributed by atoms with Crippen molar-refractivity contribution in [2.75, 3.05) is 49.1 Å². The second-order valence-corrected chi connectivity index (χ2v) is 9.45. The highest BCUT2D eigenvalue weighted by molar-refractivity contribution is 6.29. The number of amides is 2. The Morgan fingerprint density at radius 2 is 1.77 bits per heavy atom. The molecule has 0 aromatic carbocycles. The second-order valence-electron chi connectivity index (χ2n) is 9.07. The average Bonchev–Trinajstić information content (AvgIpc) is 2.84. The van der Waals surface area contributed by atoms with Gasteiger partial charge in [0.1, 0.15) is 11.0 Å². The minimum Gasteiger partial charge on any atom is -0.383 e. The third kappa shape index (κ3) is 5.10. The number of nitrogen functional groups attached to an aromatic ring is 2. The number of anilines is 3. The zero-order chi connectivity index (χ0) is 25.3. The summed E-state index contributed by atoms with van der Waals surface area (Å²) < 4.78 is 0. The number of hydrogen-bond acceptors (Lipinski definition) is 9. The second kappa shape index (κ2) is 10.2. The number of piperidine rings is 1. The number of hydrogen-bond donors (Lipinski definition) is 3. The summed E-state index contributed by atoms with van der Waals surface area (Å²) in [7, 11) is 0. The highest BCUT2D eigenvalue weighted by Crippen LogP contribution is 2.28. The van der Waals surface area contributed by atoms with E-state index in [-0.39, 0.29) is 28.4 Å². The quantitative estimate of drug-likeness (QED) is 0.513. The van der Waals surface area contributed by atoms with Gasteiger partial charge in [-0.15, -0.1) is 0 Å². The van der Waals surface area contributed by atoms with Gasteiger partial charge in [0.05, 0.1) is 11.3 Å². The summed E-state index contributed by atoms with van der Waals surface area (Å²) in [6.45, 7) is 7.75. The van der Waals surface area contributed by atoms with Crippen LogP contribution in [0.2, 0.25) is 5.15 Å². The number of carbonyl (C=O) groups is 2. The lowest BCUT2D eigenvalue weighted by molar-refractivity contribution is 0.0491. The molecule has 11 nitrogen and oxygen atoms in total. The van der Waals surface area contributed by atoms with Gasteiger partial charge in [-0.3, -0.25) is 14.5 Å². The van der Waals surface area contributed by atoms with Crippen molar-refractivity contribution in [3.05, 3.63) is 34.2 Å². The minimum absolute atomic E-state index is 0.00868. The van der Waals surface area contributed by atoms with Gasteiger partial charge < -0.3 is 27.0 Å². The molecule has 12 heteroatoms. The maximum absolute atomic E-state index is 13.0. The normalized spacial score (nSPS) is 19.7. The van der Waals surface area contributed by atoms with Gasteiger partial charge in [-0.1, -0.05) is 18.5 Å². The van der Waals surface area contributed by atoms with Gasteiger partial charge in [-0.2, -0.15) is 0 Å². The Balaban J connectivity index is 1.40. The van der Waals surface area contributed by atoms with Gasteiger partial charge in [0.15, 0.2) is 17.3 Å². The van der Waals surface area contributed by atoms with Crippen LogP contribution in [0.4, 0.5) is 17.5 Å². The molecule has 0 unspecified atom stereocenters. The van der Waals surface area contributed by atoms with Crippen LogP contribution < -0.4 is 22.1 Å². The summed E-state index contributed by atoms with van der Waals surface area (Å²) >= 11 is 5.87. The Bertz CT molecular complexity index is 1120. The molecule has 2 aliphatic rings. The Morgan fingerprint density at radius 1 is 1.06 bits per heavy atom. The van der Waals surface area contributed by atoms with E-state index >= 15 is 0 Å². The lowest BCUT2D eigenvalue weighted by Gasteiger charge is -2.47. The van der Waals surface area contributed by atoms with E-state index in [4.69, 9.17) is 28.8 Å². The van der Waals surface area contributed by atoms with Crippen LogP contribution in [-0.4, -0.2) is 81.4 Å². The van der Waals surface area contributed by atoms with Gasteiger partial charge >= 0.3 is 0 Å². The maximum Gasteiger partial charge on any atom is 0.271 e. The molecule has 2 saturated heterocycles. The summed E-state index contributed by atoms with van der Waals surface area (Å²) in [6.07, 6.45) is 2.76. The number of primary amides is 1. The van der Waals surface area contributed by atoms with Gasteiger partial charge in [0.25, 0.3) is 11.8 Å². The third-order valence-corrected chi connectivity index (χ3v) is 7.16. The van der Waals surface area contributed by atoms with Gasteiger partial charge in [-0.05, 0) is 38.3 Å². The van der Waals surface area contributed by atoms with E-state index in [9.17, 15) is 9.59 Å². The zero-order valence-corrected chi connectivity index (χ0v) is 20.8. The largest absolute Gasteiger partial charge is 0.383 e. The molecule has 2 fully saturated rings. The number of pyridine rings is 1. The molecule has 0 saturated carbocycles. The van der Waals surface area contributed by atoms with Gasteiger partial charge in [0, 0.05) is 44.8 Å². The molecule has 0 bridgehead atoms. The van der Waals surface area contributed by atoms with Crippen LogP contribution in [0, 0.1) is 6.92 Å². The first-order valence-electron chi connectivity index (χ1n) is 11.9. The van der Waals surface area contributed by atoms with Crippen LogP contribution in [0.1, 0.15) is 52.7 Å². The van der Waals surface area contributed by atoms with Crippen molar-refractivity contribution in [2.45, 2.75) is 45.2 Å². The highest BCUT2D eigenvalue weighted by atomic mass is 35.5. The van der Waals surface area contributed by atoms with Crippen LogP contribution in [0.25, 0.3) is 0 Å². The van der Waals surface area contributed by atoms with E-state index in [0.717, 1.165) is 38.9 Å². The lowest BCUT2D eigenvalue weighted by Crippen LogP contribution is -2.59. The number of halogens is 1. The third-order valence-electron chi connectivity index (χ3n) is 6.95. The van der Waals surface area contributed by atoms with Crippen LogP contribution in [-0.2, 0) is 0 Å². The number of likely N-dealkylation sites (tertiary alicyclic amines) is 1. The fraction of sp³-hybridized carbons (Fsp3) is 0.522. The molecular formula is C23H32ClN9O2. The topological polar surface area (TPSA) is 161 Å². The number of carbonyl (C=O) groups excluding carboxylic acids is 2. The van der Waals surface area contributed by atoms with E-state index in [0.29, 0.717) is 42.2 Å². The summed E-state index contributed by atoms with van der Waals surface area (Å²) in [5.74, 6) is 0.130. The molecule has 0 radical (unpaired) electrons. The molecule has 35 heavy (non-hydrogen) atoms. The molecule has 1 atom stereocenters. The summed E-state index contributed by atoms with van der Waals surface area (Å²) in [5.41, 5.74) is 18.3. The molecular weight excluding hydrogens is 470 g/mol. The minimum atomic E-state index is -0.680. The van der Waals surface area contributed by atoms with Crippen molar-refractivity contribution < 1.29 is 9.59 Å². The smallest absolute Gasteiger partial charge is 0.271 e. The van der Waals surface area contributed by atoms with Crippen LogP contribution in [0.5, 0.6) is 0 Å². The van der Waals surface area contributed by atoms with Crippen LogP contribution in [0.15, 0.2) is 12.1 Å². The molecule has 4 rings (SSSR count). The average molecular weight is 502 g/mol. The Morgan fingerprint density at radius 3 is 2.40 bits per heavy atom. The SMILES string of the molecule is CC[C@H]1CN(c2nc(N)c(C(N)=O)nc2C)CCN1C1CCN(C(=O)c2ccc(Cl)nc2N)CC1. The monoisotopic (exact) mass is 501 g/mol. The summed E-state index contributed by atoms with van der Waals surface area (Å²) in [4.78, 5) is 43.8. The summed E-state index contributed by atoms with van der Waals surface area (Å²) in [5, 5.41) is 0.273. The predicted molar refractivity (Wildman–Crippen MR) is 135 cm³/mol. The van der Waals surface area contributed by atoms with E-state index in [1.54, 1.807) is 12.1 Å². The van der Waals surface area contributed by atoms with Crippen molar-refractivity contribution >= 4 is 40.9 Å². The molecule has 2 aromatic rings. The van der Waals surface area contributed by atoms with Gasteiger partial charge in [0.2, 0.25) is 0 Å². The fourth-order valence-corrected chi connectivity index (χ4v) is 5.27. The van der Waals surface area contributed by atoms with Crippen LogP contribution >= 0.6 is 11.6 Å². The standard InChI is InChI=1S/C23H32ClN9O2/c1-3-14-12-32(22-13(2)28-18(21(27)34)20(26)30-22)10-11-33(14)15-6-8-31(9-7-15)23(35)16-4-5-17(24)29-19(16)25/h4-5,14-15H,3,6-12H2,1-2H3,(H2,25,29)(H2,26,30)(H2,27,34)/t14-/m0/s1. The van der Waals surface area contributed by atoms with E-state index in [1.165, 1.54) is 0 Å². The zero-order valence-electron chi connectivity index (χ0n) is 20.1. The molecule has 188 valence electrons. The first kappa shape index (κ1) is 24.9. The van der Waals surface area contributed by atoms with Crippen molar-refractivity contribution in [3.8, 4) is 0 Å². The number of aromatic nitrogens is 3. The Kier molecular flexibility index (Phi) is 7.27. The summed E-state index contributed by atoms with van der Waals surface area (Å²) in [6, 6.07) is 3.94. The number of piperazine rings is 1. The first-order chi connectivity index (χ1) is 16.7. The number of nitrogens with two attached hydrogens (primary N) is 3. The maximum atomic E-state index is 13.0. The van der Waals surface area contributed by atoms with E-state index in [2.05, 4.69) is 31.7 Å². The van der Waals surface area contributed by atoms with Crippen molar-refractivity contribution in [1.82, 2.24) is 24.8 Å². The van der Waals surface area contributed by atoms with Crippen molar-refractivity contribution in [1.29, 1.82) is 0 Å². The number of aryl methyl sites for hydroxylation is 1. The van der Waals surface area contributed by atoms with Crippen molar-refractivity contribution in [2.24, 2.45) is 5.73 Å². The molecule has 4 heterocycles. The van der Waals surface area contributed by atoms with E-state index < -0.39 is 5.91 Å². The molecule has 0 spiro atoms. The highest BCUT2D eigenvalue weighted by Gasteiger charge is 2.35. The van der Waals surface area contributed by atoms with Crippen molar-refractivity contribution in [3.63, 3.8) is 0 Å². The first-order valence-corrected chi connectivity index (χ1v) is 12.2. The predicted octanol–water partition coefficient (Wildman–Crippen LogP) is 1.30. The van der Waals surface area contributed by atoms with Crippen LogP contribution in [0.3, 0.4) is 0 Å². The number of rotatable bonds is 5. The Hall–Kier alpha value is -3.18. The van der Waals surface area contributed by atoms with E-state index in [1.807, 2.05) is 11.8 Å². The molecule has 6 N–H and O–H groups in total. The fourth-order valence-electron chi connectivity index (χ4n) is 5.11. The molecule has 2 amide bonds. The number of nitrogens with zero attached hydrogens (tertiary/aromatic N) is 6.